The van der Waals surface area contributed by atoms with E-state index in [4.69, 9.17) is 9.47 Å². The highest BCUT2D eigenvalue weighted by Crippen LogP contribution is 2.34. The molecule has 2 aromatic carbocycles. The number of ether oxygens (including phenoxy) is 2. The first-order valence-electron chi connectivity index (χ1n) is 8.94. The van der Waals surface area contributed by atoms with Crippen LogP contribution < -0.4 is 9.47 Å². The summed E-state index contributed by atoms with van der Waals surface area (Å²) in [5.41, 5.74) is 2.32. The minimum absolute atomic E-state index is 0.180. The van der Waals surface area contributed by atoms with Crippen LogP contribution in [0, 0.1) is 11.6 Å². The number of phenols is 1. The average molecular weight is 409 g/mol. The molecule has 0 atom stereocenters. The molecule has 0 saturated heterocycles. The number of aromatic nitrogens is 3. The lowest BCUT2D eigenvalue weighted by molar-refractivity contribution is 0.353. The first kappa shape index (κ1) is 19.4. The Morgan fingerprint density at radius 1 is 0.867 bits per heavy atom. The lowest BCUT2D eigenvalue weighted by Gasteiger charge is -2.10. The van der Waals surface area contributed by atoms with Crippen molar-refractivity contribution in [2.75, 3.05) is 14.2 Å². The molecule has 0 amide bonds. The Morgan fingerprint density at radius 3 is 2.17 bits per heavy atom. The second-order valence-electron chi connectivity index (χ2n) is 6.38. The number of rotatable bonds is 5. The van der Waals surface area contributed by atoms with Crippen molar-refractivity contribution >= 4 is 0 Å². The Hall–Kier alpha value is -3.94. The minimum atomic E-state index is -1.06. The zero-order chi connectivity index (χ0) is 21.3. The van der Waals surface area contributed by atoms with Gasteiger partial charge in [0.1, 0.15) is 0 Å². The van der Waals surface area contributed by atoms with Gasteiger partial charge in [0, 0.05) is 11.6 Å². The van der Waals surface area contributed by atoms with Crippen molar-refractivity contribution in [2.45, 2.75) is 0 Å². The molecule has 152 valence electrons. The molecule has 30 heavy (non-hydrogen) atoms. The molecular weight excluding hydrogens is 392 g/mol. The van der Waals surface area contributed by atoms with E-state index in [0.29, 0.717) is 28.6 Å². The van der Waals surface area contributed by atoms with Crippen LogP contribution >= 0.6 is 0 Å². The van der Waals surface area contributed by atoms with Gasteiger partial charge in [-0.3, -0.25) is 4.98 Å². The van der Waals surface area contributed by atoms with Gasteiger partial charge < -0.3 is 14.6 Å². The fourth-order valence-electron chi connectivity index (χ4n) is 3.06. The quantitative estimate of drug-likeness (QED) is 0.522. The lowest BCUT2D eigenvalue weighted by Crippen LogP contribution is -2.01. The van der Waals surface area contributed by atoms with E-state index >= 15 is 0 Å². The number of pyridine rings is 1. The predicted molar refractivity (Wildman–Crippen MR) is 107 cm³/mol. The number of benzene rings is 2. The lowest BCUT2D eigenvalue weighted by atomic mass is 10.1. The van der Waals surface area contributed by atoms with Crippen molar-refractivity contribution in [1.82, 2.24) is 14.8 Å². The van der Waals surface area contributed by atoms with Gasteiger partial charge >= 0.3 is 0 Å². The summed E-state index contributed by atoms with van der Waals surface area (Å²) in [5.74, 6) is -2.21. The number of para-hydroxylation sites is 1. The molecule has 0 fully saturated rings. The zero-order valence-electron chi connectivity index (χ0n) is 16.1. The summed E-state index contributed by atoms with van der Waals surface area (Å²) < 4.78 is 40.0. The number of phenolic OH excluding ortho intramolecular Hbond substituents is 1. The third kappa shape index (κ3) is 3.43. The summed E-state index contributed by atoms with van der Waals surface area (Å²) in [6, 6.07) is 14.7. The fraction of sp³-hybridized carbons (Fsp3) is 0.0909. The van der Waals surface area contributed by atoms with Gasteiger partial charge in [0.25, 0.3) is 0 Å². The molecule has 0 unspecified atom stereocenters. The van der Waals surface area contributed by atoms with Crippen molar-refractivity contribution in [3.8, 4) is 45.6 Å². The molecule has 0 spiro atoms. The maximum atomic E-state index is 13.9. The molecular formula is C22H17F2N3O3. The van der Waals surface area contributed by atoms with Crippen LogP contribution in [0.2, 0.25) is 0 Å². The van der Waals surface area contributed by atoms with Crippen molar-refractivity contribution < 1.29 is 23.4 Å². The van der Waals surface area contributed by atoms with Gasteiger partial charge in [0.05, 0.1) is 43.2 Å². The van der Waals surface area contributed by atoms with E-state index in [1.165, 1.54) is 20.4 Å². The topological polar surface area (TPSA) is 69.4 Å². The normalized spacial score (nSPS) is 10.8. The van der Waals surface area contributed by atoms with E-state index < -0.39 is 17.4 Å². The van der Waals surface area contributed by atoms with Crippen LogP contribution in [0.3, 0.4) is 0 Å². The molecule has 0 aliphatic rings. The van der Waals surface area contributed by atoms with Crippen molar-refractivity contribution in [1.29, 1.82) is 0 Å². The van der Waals surface area contributed by atoms with E-state index in [1.807, 2.05) is 30.3 Å². The van der Waals surface area contributed by atoms with Gasteiger partial charge in [0.15, 0.2) is 28.9 Å². The molecule has 4 rings (SSSR count). The Morgan fingerprint density at radius 2 is 1.53 bits per heavy atom. The van der Waals surface area contributed by atoms with E-state index in [-0.39, 0.29) is 5.56 Å². The van der Waals surface area contributed by atoms with E-state index in [2.05, 4.69) is 10.1 Å². The minimum Gasteiger partial charge on any atom is -0.503 e. The highest BCUT2D eigenvalue weighted by molar-refractivity contribution is 5.70. The van der Waals surface area contributed by atoms with Crippen LogP contribution in [-0.4, -0.2) is 34.1 Å². The third-order valence-corrected chi connectivity index (χ3v) is 4.56. The number of hydrogen-bond donors (Lipinski definition) is 1. The summed E-state index contributed by atoms with van der Waals surface area (Å²) in [5, 5.41) is 13.9. The molecule has 8 heteroatoms. The second-order valence-corrected chi connectivity index (χ2v) is 6.38. The van der Waals surface area contributed by atoms with Crippen LogP contribution in [0.15, 0.2) is 60.8 Å². The Labute approximate surface area is 171 Å². The number of nitrogens with zero attached hydrogens (tertiary/aromatic N) is 3. The maximum Gasteiger partial charge on any atom is 0.187 e. The van der Waals surface area contributed by atoms with Crippen molar-refractivity contribution in [3.05, 3.63) is 72.4 Å². The molecule has 4 aromatic rings. The summed E-state index contributed by atoms with van der Waals surface area (Å²) in [6.07, 6.45) is 1.52. The zero-order valence-corrected chi connectivity index (χ0v) is 16.1. The first-order chi connectivity index (χ1) is 14.5. The molecule has 6 nitrogen and oxygen atoms in total. The fourth-order valence-corrected chi connectivity index (χ4v) is 3.06. The molecule has 2 heterocycles. The smallest absolute Gasteiger partial charge is 0.187 e. The highest BCUT2D eigenvalue weighted by atomic mass is 19.1. The maximum absolute atomic E-state index is 13.9. The van der Waals surface area contributed by atoms with Crippen LogP contribution in [0.25, 0.3) is 28.3 Å². The number of aromatic hydroxyl groups is 1. The van der Waals surface area contributed by atoms with Crippen molar-refractivity contribution in [2.24, 2.45) is 0 Å². The molecule has 0 aliphatic carbocycles. The third-order valence-electron chi connectivity index (χ3n) is 4.56. The van der Waals surface area contributed by atoms with Gasteiger partial charge in [0.2, 0.25) is 0 Å². The molecule has 0 bridgehead atoms. The molecule has 0 saturated carbocycles. The van der Waals surface area contributed by atoms with Crippen LogP contribution in [0.5, 0.6) is 17.2 Å². The van der Waals surface area contributed by atoms with Crippen molar-refractivity contribution in [3.63, 3.8) is 0 Å². The monoisotopic (exact) mass is 409 g/mol. The van der Waals surface area contributed by atoms with Crippen LogP contribution in [0.1, 0.15) is 0 Å². The average Bonchev–Trinajstić information content (AvgIpc) is 3.22. The highest BCUT2D eigenvalue weighted by Gasteiger charge is 2.18. The van der Waals surface area contributed by atoms with Gasteiger partial charge in [-0.1, -0.05) is 18.2 Å². The largest absolute Gasteiger partial charge is 0.503 e. The second kappa shape index (κ2) is 7.82. The Bertz CT molecular complexity index is 1190. The molecule has 1 N–H and O–H groups in total. The van der Waals surface area contributed by atoms with Crippen LogP contribution in [-0.2, 0) is 0 Å². The van der Waals surface area contributed by atoms with Gasteiger partial charge in [-0.25, -0.2) is 13.5 Å². The number of methoxy groups -OCH3 is 2. The van der Waals surface area contributed by atoms with Crippen LogP contribution in [0.4, 0.5) is 8.78 Å². The Balaban J connectivity index is 1.92. The molecule has 0 radical (unpaired) electrons. The van der Waals surface area contributed by atoms with Gasteiger partial charge in [-0.05, 0) is 30.3 Å². The Kier molecular flexibility index (Phi) is 5.05. The summed E-state index contributed by atoms with van der Waals surface area (Å²) >= 11 is 0. The number of halogens is 2. The summed E-state index contributed by atoms with van der Waals surface area (Å²) in [6.45, 7) is 0. The standard InChI is InChI=1S/C22H17F2N3O3/c1-29-20-11-18(25-12-21(20)30-2)19-10-17(13-8-15(23)22(28)16(24)9-13)26-27(19)14-6-4-3-5-7-14/h3-12,28H,1-2H3. The summed E-state index contributed by atoms with van der Waals surface area (Å²) in [4.78, 5) is 4.42. The van der Waals surface area contributed by atoms with E-state index in [1.54, 1.807) is 16.8 Å². The van der Waals surface area contributed by atoms with Gasteiger partial charge in [-0.2, -0.15) is 5.10 Å². The van der Waals surface area contributed by atoms with Gasteiger partial charge in [-0.15, -0.1) is 0 Å². The predicted octanol–water partition coefficient (Wildman–Crippen LogP) is 4.60. The van der Waals surface area contributed by atoms with E-state index in [9.17, 15) is 13.9 Å². The van der Waals surface area contributed by atoms with E-state index in [0.717, 1.165) is 17.8 Å². The summed E-state index contributed by atoms with van der Waals surface area (Å²) in [7, 11) is 3.03. The molecule has 0 aliphatic heterocycles. The molecule has 2 aromatic heterocycles. The first-order valence-corrected chi connectivity index (χ1v) is 8.94. The SMILES string of the molecule is COc1cnc(-c2cc(-c3cc(F)c(O)c(F)c3)nn2-c2ccccc2)cc1OC. The number of hydrogen-bond acceptors (Lipinski definition) is 5.